The van der Waals surface area contributed by atoms with Crippen molar-refractivity contribution in [2.24, 2.45) is 0 Å². The molecule has 1 aliphatic heterocycles. The van der Waals surface area contributed by atoms with E-state index in [1.807, 2.05) is 6.92 Å². The third kappa shape index (κ3) is 4.93. The number of nitrogens with zero attached hydrogens (tertiary/aromatic N) is 1. The van der Waals surface area contributed by atoms with E-state index in [0.717, 1.165) is 13.1 Å². The van der Waals surface area contributed by atoms with Crippen molar-refractivity contribution in [1.29, 1.82) is 0 Å². The van der Waals surface area contributed by atoms with E-state index in [0.29, 0.717) is 0 Å². The van der Waals surface area contributed by atoms with Gasteiger partial charge in [-0.25, -0.2) is 13.4 Å². The fraction of sp³-hybridized carbons (Fsp3) is 1.00. The highest BCUT2D eigenvalue weighted by Crippen LogP contribution is 2.06. The second-order valence-electron chi connectivity index (χ2n) is 4.17. The summed E-state index contributed by atoms with van der Waals surface area (Å²) in [4.78, 5) is 0. The van der Waals surface area contributed by atoms with Crippen LogP contribution in [0.3, 0.4) is 0 Å². The number of sulfone groups is 1. The van der Waals surface area contributed by atoms with E-state index in [4.69, 9.17) is 0 Å². The van der Waals surface area contributed by atoms with Crippen LogP contribution in [-0.4, -0.2) is 44.6 Å². The highest BCUT2D eigenvalue weighted by atomic mass is 32.2. The molecule has 0 saturated carbocycles. The van der Waals surface area contributed by atoms with Crippen LogP contribution >= 0.6 is 0 Å². The Morgan fingerprint density at radius 3 is 2.36 bits per heavy atom. The zero-order valence-electron chi connectivity index (χ0n) is 8.99. The Morgan fingerprint density at radius 2 is 1.86 bits per heavy atom. The molecule has 1 saturated heterocycles. The molecule has 0 spiro atoms. The maximum Gasteiger partial charge on any atom is 0.149 e. The van der Waals surface area contributed by atoms with Crippen LogP contribution in [0, 0.1) is 0 Å². The van der Waals surface area contributed by atoms with Crippen LogP contribution in [0.15, 0.2) is 0 Å². The molecule has 1 N–H and O–H groups in total. The lowest BCUT2D eigenvalue weighted by Gasteiger charge is -2.29. The number of hydrogen-bond donors (Lipinski definition) is 1. The van der Waals surface area contributed by atoms with Crippen molar-refractivity contribution < 1.29 is 8.42 Å². The minimum atomic E-state index is -2.86. The van der Waals surface area contributed by atoms with Crippen LogP contribution in [0.25, 0.3) is 0 Å². The van der Waals surface area contributed by atoms with Crippen LogP contribution in [0.1, 0.15) is 26.2 Å². The molecule has 0 bridgehead atoms. The van der Waals surface area contributed by atoms with Crippen LogP contribution in [0.2, 0.25) is 0 Å². The SMILES string of the molecule is CC(CS(C)(=O)=O)NN1CCCCC1. The van der Waals surface area contributed by atoms with E-state index < -0.39 is 9.84 Å². The average Bonchev–Trinajstić information content (AvgIpc) is 2.02. The predicted octanol–water partition coefficient (Wildman–Crippen LogP) is 0.410. The normalized spacial score (nSPS) is 22.1. The Balaban J connectivity index is 2.28. The molecule has 0 amide bonds. The standard InChI is InChI=1S/C9H20N2O2S/c1-9(8-14(2,12)13)10-11-6-4-3-5-7-11/h9-10H,3-8H2,1-2H3. The number of nitrogens with one attached hydrogen (secondary N) is 1. The molecular formula is C9H20N2O2S. The summed E-state index contributed by atoms with van der Waals surface area (Å²) in [6.45, 7) is 3.98. The Morgan fingerprint density at radius 1 is 1.29 bits per heavy atom. The highest BCUT2D eigenvalue weighted by molar-refractivity contribution is 7.90. The fourth-order valence-corrected chi connectivity index (χ4v) is 2.81. The molecule has 1 fully saturated rings. The van der Waals surface area contributed by atoms with Gasteiger partial charge in [-0.05, 0) is 19.8 Å². The molecule has 4 nitrogen and oxygen atoms in total. The summed E-state index contributed by atoms with van der Waals surface area (Å²) in [7, 11) is -2.86. The molecule has 5 heteroatoms. The topological polar surface area (TPSA) is 49.4 Å². The summed E-state index contributed by atoms with van der Waals surface area (Å²) in [5, 5.41) is 2.14. The lowest BCUT2D eigenvalue weighted by Crippen LogP contribution is -2.48. The maximum absolute atomic E-state index is 11.0. The van der Waals surface area contributed by atoms with Gasteiger partial charge in [-0.3, -0.25) is 5.43 Å². The zero-order valence-corrected chi connectivity index (χ0v) is 9.81. The minimum Gasteiger partial charge on any atom is -0.251 e. The second-order valence-corrected chi connectivity index (χ2v) is 6.36. The monoisotopic (exact) mass is 220 g/mol. The maximum atomic E-state index is 11.0. The van der Waals surface area contributed by atoms with Gasteiger partial charge in [-0.1, -0.05) is 6.42 Å². The Kier molecular flexibility index (Phi) is 4.34. The summed E-state index contributed by atoms with van der Waals surface area (Å²) in [6, 6.07) is 0.0168. The molecule has 0 aromatic heterocycles. The van der Waals surface area contributed by atoms with Gasteiger partial charge < -0.3 is 0 Å². The van der Waals surface area contributed by atoms with Crippen molar-refractivity contribution in [3.05, 3.63) is 0 Å². The third-order valence-electron chi connectivity index (χ3n) is 2.31. The van der Waals surface area contributed by atoms with E-state index in [1.165, 1.54) is 25.5 Å². The summed E-state index contributed by atoms with van der Waals surface area (Å²) in [5.74, 6) is 0.212. The van der Waals surface area contributed by atoms with E-state index in [-0.39, 0.29) is 11.8 Å². The first kappa shape index (κ1) is 11.9. The largest absolute Gasteiger partial charge is 0.251 e. The van der Waals surface area contributed by atoms with E-state index in [2.05, 4.69) is 10.4 Å². The quantitative estimate of drug-likeness (QED) is 0.745. The number of rotatable bonds is 4. The molecular weight excluding hydrogens is 200 g/mol. The fourth-order valence-electron chi connectivity index (χ4n) is 1.83. The number of piperidine rings is 1. The molecule has 1 heterocycles. The Bertz CT molecular complexity index is 258. The van der Waals surface area contributed by atoms with Crippen molar-refractivity contribution in [2.75, 3.05) is 25.1 Å². The first-order chi connectivity index (χ1) is 6.47. The molecule has 0 aliphatic carbocycles. The highest BCUT2D eigenvalue weighted by Gasteiger charge is 2.15. The molecule has 1 unspecified atom stereocenters. The first-order valence-electron chi connectivity index (χ1n) is 5.16. The third-order valence-corrected chi connectivity index (χ3v) is 3.42. The van der Waals surface area contributed by atoms with Gasteiger partial charge in [0.2, 0.25) is 0 Å². The van der Waals surface area contributed by atoms with Gasteiger partial charge in [0, 0.05) is 25.4 Å². The zero-order chi connectivity index (χ0) is 10.6. The molecule has 1 atom stereocenters. The van der Waals surface area contributed by atoms with Gasteiger partial charge >= 0.3 is 0 Å². The molecule has 0 aromatic rings. The summed E-state index contributed by atoms with van der Waals surface area (Å²) in [5.41, 5.74) is 3.23. The van der Waals surface area contributed by atoms with Crippen molar-refractivity contribution in [1.82, 2.24) is 10.4 Å². The number of hydrazine groups is 1. The van der Waals surface area contributed by atoms with Crippen molar-refractivity contribution in [2.45, 2.75) is 32.2 Å². The van der Waals surface area contributed by atoms with Gasteiger partial charge in [0.1, 0.15) is 9.84 Å². The van der Waals surface area contributed by atoms with Crippen molar-refractivity contribution in [3.63, 3.8) is 0 Å². The Hall–Kier alpha value is -0.130. The van der Waals surface area contributed by atoms with Crippen LogP contribution in [0.5, 0.6) is 0 Å². The molecule has 1 aliphatic rings. The summed E-state index contributed by atoms with van der Waals surface area (Å²) < 4.78 is 22.0. The molecule has 84 valence electrons. The lowest BCUT2D eigenvalue weighted by atomic mass is 10.2. The van der Waals surface area contributed by atoms with Gasteiger partial charge in [-0.2, -0.15) is 0 Å². The van der Waals surface area contributed by atoms with Gasteiger partial charge in [0.25, 0.3) is 0 Å². The minimum absolute atomic E-state index is 0.0168. The first-order valence-corrected chi connectivity index (χ1v) is 7.22. The van der Waals surface area contributed by atoms with E-state index >= 15 is 0 Å². The predicted molar refractivity (Wildman–Crippen MR) is 57.7 cm³/mol. The smallest absolute Gasteiger partial charge is 0.149 e. The average molecular weight is 220 g/mol. The lowest BCUT2D eigenvalue weighted by molar-refractivity contribution is 0.138. The van der Waals surface area contributed by atoms with Gasteiger partial charge in [-0.15, -0.1) is 0 Å². The molecule has 0 aromatic carbocycles. The van der Waals surface area contributed by atoms with Gasteiger partial charge in [0.05, 0.1) is 5.75 Å². The van der Waals surface area contributed by atoms with E-state index in [1.54, 1.807) is 0 Å². The molecule has 1 rings (SSSR count). The van der Waals surface area contributed by atoms with E-state index in [9.17, 15) is 8.42 Å². The van der Waals surface area contributed by atoms with Gasteiger partial charge in [0.15, 0.2) is 0 Å². The van der Waals surface area contributed by atoms with Crippen LogP contribution in [-0.2, 0) is 9.84 Å². The number of hydrogen-bond acceptors (Lipinski definition) is 4. The molecule has 14 heavy (non-hydrogen) atoms. The van der Waals surface area contributed by atoms with Crippen LogP contribution in [0.4, 0.5) is 0 Å². The van der Waals surface area contributed by atoms with Crippen molar-refractivity contribution >= 4 is 9.84 Å². The second kappa shape index (κ2) is 5.09. The van der Waals surface area contributed by atoms with Crippen LogP contribution < -0.4 is 5.43 Å². The molecule has 0 radical (unpaired) electrons. The summed E-state index contributed by atoms with van der Waals surface area (Å²) >= 11 is 0. The Labute approximate surface area is 86.6 Å². The summed E-state index contributed by atoms with van der Waals surface area (Å²) in [6.07, 6.45) is 4.98. The van der Waals surface area contributed by atoms with Crippen molar-refractivity contribution in [3.8, 4) is 0 Å².